The molecule has 0 aliphatic rings. The number of hydrogen-bond acceptors (Lipinski definition) is 4. The number of nitrogen functional groups attached to an aromatic ring is 1. The molecule has 0 aliphatic carbocycles. The highest BCUT2D eigenvalue weighted by molar-refractivity contribution is 6.06. The number of benzene rings is 1. The summed E-state index contributed by atoms with van der Waals surface area (Å²) in [4.78, 5) is 16.6. The van der Waals surface area contributed by atoms with Crippen LogP contribution in [0.25, 0.3) is 0 Å². The summed E-state index contributed by atoms with van der Waals surface area (Å²) in [6, 6.07) is 10.5. The van der Waals surface area contributed by atoms with E-state index < -0.39 is 0 Å². The van der Waals surface area contributed by atoms with E-state index in [9.17, 15) is 4.79 Å². The number of ether oxygens (including phenoxy) is 1. The second kappa shape index (κ2) is 10.3. The van der Waals surface area contributed by atoms with Gasteiger partial charge in [0.25, 0.3) is 5.91 Å². The van der Waals surface area contributed by atoms with Crippen molar-refractivity contribution >= 4 is 17.4 Å². The van der Waals surface area contributed by atoms with E-state index in [0.29, 0.717) is 29.4 Å². The lowest BCUT2D eigenvalue weighted by atomic mass is 10.1. The van der Waals surface area contributed by atoms with Gasteiger partial charge in [-0.1, -0.05) is 45.1 Å². The minimum atomic E-state index is -0.274. The molecule has 1 heterocycles. The van der Waals surface area contributed by atoms with Gasteiger partial charge in [-0.05, 0) is 36.8 Å². The molecule has 0 spiro atoms. The minimum absolute atomic E-state index is 0.274. The Morgan fingerprint density at radius 3 is 2.68 bits per heavy atom. The number of hydrogen-bond donors (Lipinski definition) is 2. The zero-order valence-electron chi connectivity index (χ0n) is 14.8. The van der Waals surface area contributed by atoms with Crippen molar-refractivity contribution in [3.63, 3.8) is 0 Å². The van der Waals surface area contributed by atoms with Crippen LogP contribution in [-0.2, 0) is 0 Å². The first-order valence-corrected chi connectivity index (χ1v) is 8.95. The van der Waals surface area contributed by atoms with Gasteiger partial charge >= 0.3 is 0 Å². The predicted molar refractivity (Wildman–Crippen MR) is 102 cm³/mol. The largest absolute Gasteiger partial charge is 0.493 e. The van der Waals surface area contributed by atoms with Crippen molar-refractivity contribution in [2.75, 3.05) is 17.7 Å². The first kappa shape index (κ1) is 18.8. The lowest BCUT2D eigenvalue weighted by molar-refractivity contribution is 0.102. The van der Waals surface area contributed by atoms with Crippen molar-refractivity contribution in [2.24, 2.45) is 0 Å². The molecule has 5 nitrogen and oxygen atoms in total. The average molecular weight is 341 g/mol. The molecule has 1 amide bonds. The fourth-order valence-corrected chi connectivity index (χ4v) is 2.54. The Labute approximate surface area is 149 Å². The molecule has 0 radical (unpaired) electrons. The molecule has 5 heteroatoms. The topological polar surface area (TPSA) is 77.2 Å². The molecule has 0 aliphatic heterocycles. The van der Waals surface area contributed by atoms with Crippen LogP contribution < -0.4 is 15.8 Å². The van der Waals surface area contributed by atoms with Crippen LogP contribution in [0, 0.1) is 0 Å². The lowest BCUT2D eigenvalue weighted by Gasteiger charge is -2.12. The Balaban J connectivity index is 1.91. The van der Waals surface area contributed by atoms with E-state index in [2.05, 4.69) is 17.2 Å². The summed E-state index contributed by atoms with van der Waals surface area (Å²) in [5.74, 6) is 0.775. The van der Waals surface area contributed by atoms with Gasteiger partial charge in [0.05, 0.1) is 12.2 Å². The molecule has 1 aromatic heterocycles. The molecule has 134 valence electrons. The van der Waals surface area contributed by atoms with Crippen molar-refractivity contribution in [3.05, 3.63) is 48.2 Å². The molecule has 0 saturated heterocycles. The quantitative estimate of drug-likeness (QED) is 0.487. The third kappa shape index (κ3) is 6.45. The third-order valence-corrected chi connectivity index (χ3v) is 3.91. The number of pyridine rings is 1. The van der Waals surface area contributed by atoms with Crippen LogP contribution in [0.2, 0.25) is 0 Å². The molecular formula is C20H27N3O2. The number of rotatable bonds is 10. The fraction of sp³-hybridized carbons (Fsp3) is 0.400. The Bertz CT molecular complexity index is 659. The number of unbranched alkanes of at least 4 members (excludes halogenated alkanes) is 5. The van der Waals surface area contributed by atoms with Crippen LogP contribution in [0.5, 0.6) is 5.75 Å². The summed E-state index contributed by atoms with van der Waals surface area (Å²) in [5.41, 5.74) is 6.78. The Kier molecular flexibility index (Phi) is 7.76. The maximum Gasteiger partial charge on any atom is 0.260 e. The molecular weight excluding hydrogens is 314 g/mol. The van der Waals surface area contributed by atoms with Crippen LogP contribution in [0.15, 0.2) is 42.6 Å². The second-order valence-electron chi connectivity index (χ2n) is 6.04. The van der Waals surface area contributed by atoms with Crippen molar-refractivity contribution < 1.29 is 9.53 Å². The monoisotopic (exact) mass is 341 g/mol. The number of carbonyl (C=O) groups excluding carboxylic acids is 1. The molecule has 0 fully saturated rings. The van der Waals surface area contributed by atoms with Crippen molar-refractivity contribution in [1.82, 2.24) is 4.98 Å². The second-order valence-corrected chi connectivity index (χ2v) is 6.04. The Morgan fingerprint density at radius 1 is 1.12 bits per heavy atom. The highest BCUT2D eigenvalue weighted by Gasteiger charge is 2.14. The van der Waals surface area contributed by atoms with Crippen molar-refractivity contribution in [2.45, 2.75) is 45.4 Å². The maximum atomic E-state index is 12.5. The Hall–Kier alpha value is -2.56. The van der Waals surface area contributed by atoms with Crippen molar-refractivity contribution in [1.29, 1.82) is 0 Å². The van der Waals surface area contributed by atoms with E-state index in [1.807, 2.05) is 6.07 Å². The van der Waals surface area contributed by atoms with Crippen LogP contribution in [-0.4, -0.2) is 17.5 Å². The van der Waals surface area contributed by atoms with Crippen LogP contribution in [0.3, 0.4) is 0 Å². The zero-order chi connectivity index (χ0) is 17.9. The van der Waals surface area contributed by atoms with Crippen molar-refractivity contribution in [3.8, 4) is 5.75 Å². The summed E-state index contributed by atoms with van der Waals surface area (Å²) >= 11 is 0. The SMILES string of the molecule is CCCCCCCCOc1ccc(N)cc1C(=O)Nc1ccccn1. The molecule has 0 atom stereocenters. The number of anilines is 2. The lowest BCUT2D eigenvalue weighted by Crippen LogP contribution is -2.15. The number of carbonyl (C=O) groups is 1. The van der Waals surface area contributed by atoms with Gasteiger partial charge in [-0.3, -0.25) is 4.79 Å². The maximum absolute atomic E-state index is 12.5. The van der Waals surface area contributed by atoms with E-state index >= 15 is 0 Å². The molecule has 1 aromatic carbocycles. The number of aromatic nitrogens is 1. The highest BCUT2D eigenvalue weighted by Crippen LogP contribution is 2.23. The summed E-state index contributed by atoms with van der Waals surface area (Å²) < 4.78 is 5.82. The van der Waals surface area contributed by atoms with E-state index in [1.54, 1.807) is 36.5 Å². The molecule has 2 rings (SSSR count). The number of amides is 1. The summed E-state index contributed by atoms with van der Waals surface area (Å²) in [5, 5.41) is 2.76. The molecule has 0 unspecified atom stereocenters. The van der Waals surface area contributed by atoms with Crippen LogP contribution >= 0.6 is 0 Å². The first-order valence-electron chi connectivity index (χ1n) is 8.95. The van der Waals surface area contributed by atoms with E-state index in [4.69, 9.17) is 10.5 Å². The predicted octanol–water partition coefficient (Wildman–Crippen LogP) is 4.66. The molecule has 0 bridgehead atoms. The average Bonchev–Trinajstić information content (AvgIpc) is 2.62. The summed E-state index contributed by atoms with van der Waals surface area (Å²) in [6.45, 7) is 2.81. The van der Waals surface area contributed by atoms with Gasteiger partial charge in [0.15, 0.2) is 0 Å². The smallest absolute Gasteiger partial charge is 0.260 e. The van der Waals surface area contributed by atoms with E-state index in [0.717, 1.165) is 12.8 Å². The number of nitrogens with zero attached hydrogens (tertiary/aromatic N) is 1. The minimum Gasteiger partial charge on any atom is -0.493 e. The number of nitrogens with one attached hydrogen (secondary N) is 1. The van der Waals surface area contributed by atoms with Gasteiger partial charge in [-0.2, -0.15) is 0 Å². The van der Waals surface area contributed by atoms with Gasteiger partial charge in [-0.15, -0.1) is 0 Å². The standard InChI is InChI=1S/C20H27N3O2/c1-2-3-4-5-6-9-14-25-18-12-11-16(21)15-17(18)20(24)23-19-10-7-8-13-22-19/h7-8,10-13,15H,2-6,9,14,21H2,1H3,(H,22,23,24). The molecule has 0 saturated carbocycles. The summed E-state index contributed by atoms with van der Waals surface area (Å²) in [7, 11) is 0. The first-order chi connectivity index (χ1) is 12.2. The van der Waals surface area contributed by atoms with Gasteiger partial charge in [0.2, 0.25) is 0 Å². The van der Waals surface area contributed by atoms with E-state index in [-0.39, 0.29) is 5.91 Å². The Morgan fingerprint density at radius 2 is 1.92 bits per heavy atom. The van der Waals surface area contributed by atoms with E-state index in [1.165, 1.54) is 25.7 Å². The molecule has 2 aromatic rings. The van der Waals surface area contributed by atoms with Gasteiger partial charge < -0.3 is 15.8 Å². The molecule has 3 N–H and O–H groups in total. The van der Waals surface area contributed by atoms with Crippen LogP contribution in [0.1, 0.15) is 55.8 Å². The van der Waals surface area contributed by atoms with Gasteiger partial charge in [0.1, 0.15) is 11.6 Å². The third-order valence-electron chi connectivity index (χ3n) is 3.91. The number of nitrogens with two attached hydrogens (primary N) is 1. The summed E-state index contributed by atoms with van der Waals surface area (Å²) in [6.07, 6.45) is 8.79. The van der Waals surface area contributed by atoms with Gasteiger partial charge in [-0.25, -0.2) is 4.98 Å². The fourth-order valence-electron chi connectivity index (χ4n) is 2.54. The van der Waals surface area contributed by atoms with Gasteiger partial charge in [0, 0.05) is 11.9 Å². The van der Waals surface area contributed by atoms with Crippen LogP contribution in [0.4, 0.5) is 11.5 Å². The highest BCUT2D eigenvalue weighted by atomic mass is 16.5. The zero-order valence-corrected chi connectivity index (χ0v) is 14.8. The normalized spacial score (nSPS) is 10.4. The molecule has 25 heavy (non-hydrogen) atoms.